The van der Waals surface area contributed by atoms with Crippen LogP contribution in [0.25, 0.3) is 0 Å². The Kier molecular flexibility index (Phi) is 2.73. The second-order valence-corrected chi connectivity index (χ2v) is 6.08. The van der Waals surface area contributed by atoms with E-state index < -0.39 is 5.92 Å². The van der Waals surface area contributed by atoms with Gasteiger partial charge in [0, 0.05) is 5.92 Å². The van der Waals surface area contributed by atoms with Crippen LogP contribution >= 0.6 is 0 Å². The maximum Gasteiger partial charge on any atom is 0.237 e. The average Bonchev–Trinajstić information content (AvgIpc) is 2.32. The van der Waals surface area contributed by atoms with Gasteiger partial charge in [0.1, 0.15) is 17.4 Å². The molecular formula is C14H21NO3. The Hall–Kier alpha value is -0.900. The van der Waals surface area contributed by atoms with E-state index >= 15 is 0 Å². The molecule has 4 heteroatoms. The molecule has 2 saturated heterocycles. The molecule has 1 aliphatic carbocycles. The van der Waals surface area contributed by atoms with E-state index in [4.69, 9.17) is 4.74 Å². The second-order valence-electron chi connectivity index (χ2n) is 6.08. The van der Waals surface area contributed by atoms with Crippen LogP contribution in [0.5, 0.6) is 0 Å². The quantitative estimate of drug-likeness (QED) is 0.526. The number of Topliss-reactive ketones (excluding diaryl/α,β-unsaturated/α-hetero) is 1. The average molecular weight is 251 g/mol. The number of hydrogen-bond donors (Lipinski definition) is 0. The van der Waals surface area contributed by atoms with E-state index in [9.17, 15) is 9.59 Å². The molecule has 0 unspecified atom stereocenters. The summed E-state index contributed by atoms with van der Waals surface area (Å²) in [5.74, 6) is -0.117. The van der Waals surface area contributed by atoms with Crippen molar-refractivity contribution in [3.05, 3.63) is 0 Å². The summed E-state index contributed by atoms with van der Waals surface area (Å²) in [5.41, 5.74) is -0.377. The van der Waals surface area contributed by atoms with Crippen LogP contribution in [0.4, 0.5) is 0 Å². The molecule has 3 atom stereocenters. The molecule has 18 heavy (non-hydrogen) atoms. The third-order valence-electron chi connectivity index (χ3n) is 4.85. The van der Waals surface area contributed by atoms with Crippen molar-refractivity contribution >= 4 is 11.7 Å². The summed E-state index contributed by atoms with van der Waals surface area (Å²) in [6.45, 7) is 4.30. The highest BCUT2D eigenvalue weighted by molar-refractivity contribution is 6.06. The fourth-order valence-corrected chi connectivity index (χ4v) is 3.92. The number of fused-ring (bicyclic) bond motifs is 2. The molecule has 100 valence electrons. The van der Waals surface area contributed by atoms with Crippen molar-refractivity contribution in [1.29, 1.82) is 0 Å². The number of rotatable bonds is 1. The number of carbonyl (C=O) groups is 2. The molecule has 1 amide bonds. The molecule has 0 bridgehead atoms. The number of β-lactam (4-membered cyclic amide) rings is 1. The van der Waals surface area contributed by atoms with Crippen molar-refractivity contribution in [2.75, 3.05) is 6.61 Å². The zero-order valence-corrected chi connectivity index (χ0v) is 11.1. The van der Waals surface area contributed by atoms with Crippen molar-refractivity contribution < 1.29 is 14.3 Å². The highest BCUT2D eigenvalue weighted by Crippen LogP contribution is 2.48. The Morgan fingerprint density at radius 1 is 1.33 bits per heavy atom. The van der Waals surface area contributed by atoms with Gasteiger partial charge in [0.25, 0.3) is 0 Å². The summed E-state index contributed by atoms with van der Waals surface area (Å²) in [6, 6.07) is 0.0850. The number of hydrogen-bond acceptors (Lipinski definition) is 3. The van der Waals surface area contributed by atoms with Crippen LogP contribution in [-0.4, -0.2) is 35.0 Å². The maximum absolute atomic E-state index is 12.3. The lowest BCUT2D eigenvalue weighted by Gasteiger charge is -2.62. The molecule has 4 nitrogen and oxygen atoms in total. The standard InChI is InChI=1S/C14H21NO3/c1-9-8-18-14(6-4-3-5-7-14)15-12(9)11(10(2)16)13(15)17/h9,11-12H,3-8H2,1-2H3/t9-,11-,12-/m0/s1. The molecule has 1 saturated carbocycles. The van der Waals surface area contributed by atoms with Gasteiger partial charge in [0.2, 0.25) is 5.91 Å². The van der Waals surface area contributed by atoms with E-state index in [2.05, 4.69) is 6.92 Å². The Balaban J connectivity index is 1.89. The molecule has 3 fully saturated rings. The van der Waals surface area contributed by atoms with Gasteiger partial charge in [-0.1, -0.05) is 13.3 Å². The maximum atomic E-state index is 12.3. The molecule has 0 radical (unpaired) electrons. The van der Waals surface area contributed by atoms with Gasteiger partial charge in [-0.3, -0.25) is 9.59 Å². The first-order valence-corrected chi connectivity index (χ1v) is 7.04. The zero-order chi connectivity index (χ0) is 12.9. The molecule has 0 aromatic carbocycles. The predicted molar refractivity (Wildman–Crippen MR) is 65.7 cm³/mol. The smallest absolute Gasteiger partial charge is 0.237 e. The molecule has 0 N–H and O–H groups in total. The van der Waals surface area contributed by atoms with Crippen molar-refractivity contribution in [2.24, 2.45) is 11.8 Å². The van der Waals surface area contributed by atoms with E-state index in [1.54, 1.807) is 0 Å². The highest BCUT2D eigenvalue weighted by Gasteiger charge is 2.62. The van der Waals surface area contributed by atoms with Gasteiger partial charge in [-0.15, -0.1) is 0 Å². The Bertz CT molecular complexity index is 387. The number of ketones is 1. The molecule has 3 aliphatic rings. The van der Waals surface area contributed by atoms with E-state index in [0.717, 1.165) is 25.7 Å². The number of ether oxygens (including phenoxy) is 1. The Morgan fingerprint density at radius 2 is 2.00 bits per heavy atom. The molecule has 2 aliphatic heterocycles. The first kappa shape index (κ1) is 12.2. The van der Waals surface area contributed by atoms with Gasteiger partial charge in [0.15, 0.2) is 0 Å². The summed E-state index contributed by atoms with van der Waals surface area (Å²) < 4.78 is 6.04. The Labute approximate surface area is 108 Å². The van der Waals surface area contributed by atoms with E-state index in [0.29, 0.717) is 6.61 Å². The van der Waals surface area contributed by atoms with Crippen molar-refractivity contribution in [1.82, 2.24) is 4.90 Å². The molecule has 2 heterocycles. The van der Waals surface area contributed by atoms with Crippen LogP contribution in [0, 0.1) is 11.8 Å². The molecule has 0 aromatic heterocycles. The van der Waals surface area contributed by atoms with Gasteiger partial charge < -0.3 is 9.64 Å². The first-order valence-electron chi connectivity index (χ1n) is 7.04. The van der Waals surface area contributed by atoms with Gasteiger partial charge in [-0.2, -0.15) is 0 Å². The van der Waals surface area contributed by atoms with Gasteiger partial charge in [-0.25, -0.2) is 0 Å². The topological polar surface area (TPSA) is 46.6 Å². The monoisotopic (exact) mass is 251 g/mol. The van der Waals surface area contributed by atoms with Crippen molar-refractivity contribution in [3.8, 4) is 0 Å². The minimum Gasteiger partial charge on any atom is -0.355 e. The highest BCUT2D eigenvalue weighted by atomic mass is 16.5. The minimum absolute atomic E-state index is 0.000880. The third kappa shape index (κ3) is 1.48. The van der Waals surface area contributed by atoms with E-state index in [1.807, 2.05) is 4.90 Å². The lowest BCUT2D eigenvalue weighted by Crippen LogP contribution is -2.76. The summed E-state index contributed by atoms with van der Waals surface area (Å²) in [6.07, 6.45) is 5.34. The van der Waals surface area contributed by atoms with Gasteiger partial charge in [0.05, 0.1) is 12.6 Å². The summed E-state index contributed by atoms with van der Waals surface area (Å²) in [4.78, 5) is 25.8. The lowest BCUT2D eigenvalue weighted by atomic mass is 9.72. The van der Waals surface area contributed by atoms with Gasteiger partial charge in [-0.05, 0) is 32.6 Å². The molecule has 3 rings (SSSR count). The summed E-state index contributed by atoms with van der Waals surface area (Å²) in [5, 5.41) is 0. The Morgan fingerprint density at radius 3 is 2.61 bits per heavy atom. The van der Waals surface area contributed by atoms with Gasteiger partial charge >= 0.3 is 0 Å². The SMILES string of the molecule is CC(=O)[C@@H]1C(=O)N2[C@H]1[C@@H](C)COC21CCCCC1. The second kappa shape index (κ2) is 4.05. The number of nitrogens with zero attached hydrogens (tertiary/aromatic N) is 1. The predicted octanol–water partition coefficient (Wildman–Crippen LogP) is 1.73. The van der Waals surface area contributed by atoms with Crippen LogP contribution in [0.15, 0.2) is 0 Å². The summed E-state index contributed by atoms with van der Waals surface area (Å²) >= 11 is 0. The fourth-order valence-electron chi connectivity index (χ4n) is 3.92. The fraction of sp³-hybridized carbons (Fsp3) is 0.857. The van der Waals surface area contributed by atoms with Crippen LogP contribution < -0.4 is 0 Å². The number of carbonyl (C=O) groups excluding carboxylic acids is 2. The zero-order valence-electron chi connectivity index (χ0n) is 11.1. The summed E-state index contributed by atoms with van der Waals surface area (Å²) in [7, 11) is 0. The van der Waals surface area contributed by atoms with Crippen LogP contribution in [0.2, 0.25) is 0 Å². The molecule has 0 aromatic rings. The first-order chi connectivity index (χ1) is 8.57. The normalized spacial score (nSPS) is 38.2. The van der Waals surface area contributed by atoms with E-state index in [-0.39, 0.29) is 29.4 Å². The molecule has 1 spiro atoms. The molecular weight excluding hydrogens is 230 g/mol. The minimum atomic E-state index is -0.400. The van der Waals surface area contributed by atoms with E-state index in [1.165, 1.54) is 13.3 Å². The van der Waals surface area contributed by atoms with Crippen LogP contribution in [0.3, 0.4) is 0 Å². The lowest BCUT2D eigenvalue weighted by molar-refractivity contribution is -0.266. The van der Waals surface area contributed by atoms with Crippen LogP contribution in [0.1, 0.15) is 46.0 Å². The largest absolute Gasteiger partial charge is 0.355 e. The van der Waals surface area contributed by atoms with Crippen molar-refractivity contribution in [2.45, 2.75) is 57.7 Å². The number of amides is 1. The third-order valence-corrected chi connectivity index (χ3v) is 4.85. The van der Waals surface area contributed by atoms with Crippen molar-refractivity contribution in [3.63, 3.8) is 0 Å². The van der Waals surface area contributed by atoms with Crippen LogP contribution in [-0.2, 0) is 14.3 Å².